The highest BCUT2D eigenvalue weighted by Gasteiger charge is 2.49. The molecule has 1 N–H and O–H groups in total. The zero-order chi connectivity index (χ0) is 21.9. The van der Waals surface area contributed by atoms with Crippen molar-refractivity contribution in [2.24, 2.45) is 11.8 Å². The van der Waals surface area contributed by atoms with Crippen molar-refractivity contribution in [3.63, 3.8) is 0 Å². The number of nitro groups is 1. The molecule has 0 unspecified atom stereocenters. The smallest absolute Gasteiger partial charge is 0.325 e. The molecule has 1 heterocycles. The monoisotopic (exact) mass is 404 g/mol. The molecule has 9 nitrogen and oxygen atoms in total. The summed E-state index contributed by atoms with van der Waals surface area (Å²) < 4.78 is 0. The van der Waals surface area contributed by atoms with Crippen LogP contribution in [0.4, 0.5) is 10.5 Å². The van der Waals surface area contributed by atoms with Crippen molar-refractivity contribution < 1.29 is 19.3 Å². The number of rotatable bonds is 8. The third-order valence-electron chi connectivity index (χ3n) is 4.75. The highest BCUT2D eigenvalue weighted by molar-refractivity contribution is 6.09. The van der Waals surface area contributed by atoms with Crippen LogP contribution in [0.2, 0.25) is 0 Å². The first-order valence-electron chi connectivity index (χ1n) is 9.62. The number of amides is 4. The fraction of sp³-hybridized carbons (Fsp3) is 0.550. The maximum absolute atomic E-state index is 13.0. The Bertz CT molecular complexity index is 796. The lowest BCUT2D eigenvalue weighted by molar-refractivity contribution is -0.384. The fourth-order valence-corrected chi connectivity index (χ4v) is 3.35. The van der Waals surface area contributed by atoms with Crippen molar-refractivity contribution in [2.75, 3.05) is 19.6 Å². The van der Waals surface area contributed by atoms with E-state index in [-0.39, 0.29) is 30.0 Å². The highest BCUT2D eigenvalue weighted by Crippen LogP contribution is 2.30. The van der Waals surface area contributed by atoms with Gasteiger partial charge < -0.3 is 10.2 Å². The summed E-state index contributed by atoms with van der Waals surface area (Å²) in [6.45, 7) is 10.3. The predicted molar refractivity (Wildman–Crippen MR) is 107 cm³/mol. The zero-order valence-electron chi connectivity index (χ0n) is 17.5. The minimum Gasteiger partial charge on any atom is -0.341 e. The number of carbonyl (C=O) groups excluding carboxylic acids is 3. The molecular weight excluding hydrogens is 376 g/mol. The molecule has 0 spiro atoms. The second-order valence-corrected chi connectivity index (χ2v) is 8.34. The molecule has 0 saturated carbocycles. The van der Waals surface area contributed by atoms with Crippen LogP contribution in [0.5, 0.6) is 0 Å². The van der Waals surface area contributed by atoms with Gasteiger partial charge in [0.2, 0.25) is 5.91 Å². The Kier molecular flexibility index (Phi) is 6.61. The van der Waals surface area contributed by atoms with Gasteiger partial charge >= 0.3 is 6.03 Å². The van der Waals surface area contributed by atoms with E-state index in [0.717, 1.165) is 4.90 Å². The van der Waals surface area contributed by atoms with Crippen LogP contribution in [0.15, 0.2) is 24.3 Å². The molecule has 1 atom stereocenters. The van der Waals surface area contributed by atoms with E-state index >= 15 is 0 Å². The van der Waals surface area contributed by atoms with Crippen molar-refractivity contribution in [3.05, 3.63) is 39.9 Å². The van der Waals surface area contributed by atoms with Crippen molar-refractivity contribution in [1.29, 1.82) is 0 Å². The summed E-state index contributed by atoms with van der Waals surface area (Å²) in [7, 11) is 0. The first kappa shape index (κ1) is 22.3. The molecule has 1 aliphatic heterocycles. The normalized spacial score (nSPS) is 19.1. The summed E-state index contributed by atoms with van der Waals surface area (Å²) in [5.41, 5.74) is -1.08. The molecule has 158 valence electrons. The average molecular weight is 404 g/mol. The third-order valence-corrected chi connectivity index (χ3v) is 4.75. The minimum atomic E-state index is -1.38. The number of nitro benzene ring substituents is 1. The highest BCUT2D eigenvalue weighted by atomic mass is 16.6. The second kappa shape index (κ2) is 8.59. The van der Waals surface area contributed by atoms with Crippen molar-refractivity contribution in [3.8, 4) is 0 Å². The molecule has 1 aromatic rings. The lowest BCUT2D eigenvalue weighted by atomic mass is 9.92. The number of urea groups is 1. The zero-order valence-corrected chi connectivity index (χ0v) is 17.5. The van der Waals surface area contributed by atoms with Gasteiger partial charge in [0.15, 0.2) is 0 Å². The van der Waals surface area contributed by atoms with Crippen LogP contribution in [-0.2, 0) is 15.1 Å². The molecule has 4 amide bonds. The average Bonchev–Trinajstić information content (AvgIpc) is 2.84. The SMILES string of the molecule is CC(C)CN(CC(C)C)C(=O)CN1C(=O)N[C@](C)(c2ccc([N+](=O)[O-])cc2)C1=O. The number of hydrogen-bond donors (Lipinski definition) is 1. The maximum Gasteiger partial charge on any atom is 0.325 e. The van der Waals surface area contributed by atoms with Crippen LogP contribution in [-0.4, -0.2) is 52.2 Å². The standard InChI is InChI=1S/C20H28N4O5/c1-13(2)10-22(11-14(3)4)17(25)12-23-18(26)20(5,21-19(23)27)15-6-8-16(9-7-15)24(28)29/h6-9,13-14H,10-12H2,1-5H3,(H,21,27)/t20-/m1/s1. The van der Waals surface area contributed by atoms with Gasteiger partial charge in [0.25, 0.3) is 11.6 Å². The summed E-state index contributed by atoms with van der Waals surface area (Å²) in [6.07, 6.45) is 0. The molecule has 0 bridgehead atoms. The molecule has 29 heavy (non-hydrogen) atoms. The minimum absolute atomic E-state index is 0.112. The summed E-state index contributed by atoms with van der Waals surface area (Å²) in [6, 6.07) is 4.77. The van der Waals surface area contributed by atoms with E-state index in [2.05, 4.69) is 5.32 Å². The number of hydrogen-bond acceptors (Lipinski definition) is 5. The van der Waals surface area contributed by atoms with Gasteiger partial charge in [-0.3, -0.25) is 24.6 Å². The molecule has 0 aliphatic carbocycles. The van der Waals surface area contributed by atoms with E-state index in [9.17, 15) is 24.5 Å². The quantitative estimate of drug-likeness (QED) is 0.406. The van der Waals surface area contributed by atoms with Crippen molar-refractivity contribution in [2.45, 2.75) is 40.2 Å². The Morgan fingerprint density at radius 1 is 1.14 bits per heavy atom. The molecule has 0 aromatic heterocycles. The van der Waals surface area contributed by atoms with E-state index < -0.39 is 22.4 Å². The van der Waals surface area contributed by atoms with Crippen LogP contribution in [0.3, 0.4) is 0 Å². The molecule has 9 heteroatoms. The lowest BCUT2D eigenvalue weighted by Gasteiger charge is -2.28. The maximum atomic E-state index is 13.0. The third kappa shape index (κ3) is 4.90. The Labute approximate surface area is 170 Å². The molecule has 1 fully saturated rings. The number of benzene rings is 1. The van der Waals surface area contributed by atoms with E-state index in [0.29, 0.717) is 18.7 Å². The second-order valence-electron chi connectivity index (χ2n) is 8.34. The van der Waals surface area contributed by atoms with Crippen LogP contribution in [0, 0.1) is 22.0 Å². The van der Waals surface area contributed by atoms with Gasteiger partial charge in [0, 0.05) is 25.2 Å². The molecule has 2 rings (SSSR count). The van der Waals surface area contributed by atoms with Gasteiger partial charge in [0.05, 0.1) is 4.92 Å². The molecule has 1 aliphatic rings. The van der Waals surface area contributed by atoms with Gasteiger partial charge in [-0.05, 0) is 36.5 Å². The predicted octanol–water partition coefficient (Wildman–Crippen LogP) is 2.50. The van der Waals surface area contributed by atoms with Crippen LogP contribution >= 0.6 is 0 Å². The van der Waals surface area contributed by atoms with E-state index in [1.807, 2.05) is 27.7 Å². The molecule has 0 radical (unpaired) electrons. The van der Waals surface area contributed by atoms with E-state index in [4.69, 9.17) is 0 Å². The number of carbonyl (C=O) groups is 3. The first-order valence-corrected chi connectivity index (χ1v) is 9.62. The number of imide groups is 1. The van der Waals surface area contributed by atoms with Crippen LogP contribution in [0.1, 0.15) is 40.2 Å². The molecule has 1 saturated heterocycles. The summed E-state index contributed by atoms with van der Waals surface area (Å²) >= 11 is 0. The lowest BCUT2D eigenvalue weighted by Crippen LogP contribution is -2.46. The Morgan fingerprint density at radius 2 is 1.66 bits per heavy atom. The van der Waals surface area contributed by atoms with Gasteiger partial charge in [-0.1, -0.05) is 27.7 Å². The largest absolute Gasteiger partial charge is 0.341 e. The van der Waals surface area contributed by atoms with Crippen molar-refractivity contribution in [1.82, 2.24) is 15.1 Å². The summed E-state index contributed by atoms with van der Waals surface area (Å²) in [5.74, 6) is -0.333. The Hall–Kier alpha value is -2.97. The van der Waals surface area contributed by atoms with Gasteiger partial charge in [-0.25, -0.2) is 4.79 Å². The van der Waals surface area contributed by atoms with E-state index in [1.54, 1.807) is 4.90 Å². The summed E-state index contributed by atoms with van der Waals surface area (Å²) in [4.78, 5) is 51.2. The number of nitrogens with one attached hydrogen (secondary N) is 1. The van der Waals surface area contributed by atoms with Crippen molar-refractivity contribution >= 4 is 23.5 Å². The van der Waals surface area contributed by atoms with Crippen LogP contribution < -0.4 is 5.32 Å². The summed E-state index contributed by atoms with van der Waals surface area (Å²) in [5, 5.41) is 13.5. The van der Waals surface area contributed by atoms with Crippen LogP contribution in [0.25, 0.3) is 0 Å². The number of non-ortho nitro benzene ring substituents is 1. The van der Waals surface area contributed by atoms with Gasteiger partial charge in [-0.2, -0.15) is 0 Å². The van der Waals surface area contributed by atoms with Gasteiger partial charge in [0.1, 0.15) is 12.1 Å². The fourth-order valence-electron chi connectivity index (χ4n) is 3.35. The van der Waals surface area contributed by atoms with E-state index in [1.165, 1.54) is 31.2 Å². The Balaban J connectivity index is 2.20. The first-order chi connectivity index (χ1) is 13.5. The van der Waals surface area contributed by atoms with Gasteiger partial charge in [-0.15, -0.1) is 0 Å². The molecule has 1 aromatic carbocycles. The topological polar surface area (TPSA) is 113 Å². The molecular formula is C20H28N4O5. The Morgan fingerprint density at radius 3 is 2.10 bits per heavy atom. The number of nitrogens with zero attached hydrogens (tertiary/aromatic N) is 3.